The summed E-state index contributed by atoms with van der Waals surface area (Å²) in [6.45, 7) is -3.93. The Morgan fingerprint density at radius 2 is 0.617 bits per heavy atom. The molecular formula is C77H100N26O25. The number of amides is 13. The number of H-pyrrole nitrogens is 6. The fourth-order valence-electron chi connectivity index (χ4n) is 12.6. The van der Waals surface area contributed by atoms with Gasteiger partial charge in [-0.15, -0.1) is 0 Å². The maximum absolute atomic E-state index is 14.6. The van der Waals surface area contributed by atoms with E-state index < -0.39 is 281 Å². The SMILES string of the molecule is CC(=O)NCCN(CC(=O)NCCN(CC(=O)NCCN(CC(=O)Nc1ccccc1CN(CC(=O)NCCN(CC(=O)NCCN(C(=O)Cn1cc(C)c(=O)[nH]c1=O)C(CCCCN)C(N)=O)C(=O)Cn1cc(C)c(=O)[nH]c1=O)C(=O)Cn1cc(C)c(=O)[nH]c1=O)C(=O)Cn1cc(C)c(=O)[nH]c1=O)C(=O)Cn1cc(C)c(=O)[nH]c1=O)C(=O)Cn1cc(C)c(=O)[nH]c1=O. The Labute approximate surface area is 721 Å². The number of rotatable bonds is 46. The number of primary amides is 1. The number of para-hydroxylation sites is 1. The van der Waals surface area contributed by atoms with Crippen LogP contribution in [0.15, 0.2) is 119 Å². The molecule has 0 saturated heterocycles. The number of nitrogens with one attached hydrogen (secondary N) is 12. The standard InChI is InChI=1S/C77H100N26O25/c1-44-26-97(72(123)86-66(44)117)38-59(110)92(21-16-80-50(7)104)33-54(105)81-17-22-93(60(111)39-98-27-45(2)67(118)87-73(98)124)34-55(106)82-19-24-95(62(113)41-100-29-47(4)69(120)89-75(100)126)37-58(109)85-52-13-9-8-12-51(52)32-96(63(114)42-101-30-48(5)70(121)90-76(101)127)36-57(108)83-18-23-94(61(112)40-99-28-46(3)68(119)88-74(99)125)35-56(107)84-20-25-103(53(65(79)116)14-10-11-15-78)64(115)43-102-31-49(6)71(122)91-77(102)128/h8-9,12-13,26-31,53H,10-11,14-25,32-43,78H2,1-7H3,(H2,79,116)(H,80,104)(H,81,105)(H,82,106)(H,83,108)(H,84,107)(H,85,109)(H,86,117,123)(H,87,118,124)(H,88,119,125)(H,89,120,126)(H,90,121,127)(H,91,122,128). The van der Waals surface area contributed by atoms with Crippen molar-refractivity contribution in [1.82, 2.24) is 113 Å². The topological polar surface area (TPSA) is 695 Å². The number of aromatic nitrogens is 12. The highest BCUT2D eigenvalue weighted by Gasteiger charge is 2.31. The second-order valence-corrected chi connectivity index (χ2v) is 29.6. The number of aromatic amines is 6. The third kappa shape index (κ3) is 29.8. The molecule has 7 rings (SSSR count). The molecular weight excluding hydrogens is 1690 g/mol. The molecule has 1 atom stereocenters. The summed E-state index contributed by atoms with van der Waals surface area (Å²) in [5.74, 6) is -11.5. The van der Waals surface area contributed by atoms with E-state index in [0.717, 1.165) is 94.0 Å². The van der Waals surface area contributed by atoms with Crippen molar-refractivity contribution in [2.24, 2.45) is 11.5 Å². The minimum atomic E-state index is -1.29. The van der Waals surface area contributed by atoms with Crippen LogP contribution in [0.5, 0.6) is 0 Å². The summed E-state index contributed by atoms with van der Waals surface area (Å²) in [6.07, 6.45) is 7.30. The van der Waals surface area contributed by atoms with Crippen LogP contribution in [-0.4, -0.2) is 274 Å². The lowest BCUT2D eigenvalue weighted by Gasteiger charge is -2.30. The first-order valence-electron chi connectivity index (χ1n) is 39.7. The second-order valence-electron chi connectivity index (χ2n) is 29.6. The Balaban J connectivity index is 1.09. The molecule has 0 saturated carbocycles. The predicted octanol–water partition coefficient (Wildman–Crippen LogP) is -11.2. The number of hydrogen-bond acceptors (Lipinski definition) is 26. The van der Waals surface area contributed by atoms with Crippen LogP contribution >= 0.6 is 0 Å². The van der Waals surface area contributed by atoms with Gasteiger partial charge in [0.2, 0.25) is 76.8 Å². The lowest BCUT2D eigenvalue weighted by Crippen LogP contribution is -2.53. The zero-order valence-corrected chi connectivity index (χ0v) is 71.0. The van der Waals surface area contributed by atoms with Gasteiger partial charge in [-0.2, -0.15) is 0 Å². The highest BCUT2D eigenvalue weighted by molar-refractivity contribution is 5.96. The van der Waals surface area contributed by atoms with Crippen LogP contribution in [0, 0.1) is 41.5 Å². The number of benzene rings is 1. The van der Waals surface area contributed by atoms with E-state index in [4.69, 9.17) is 11.5 Å². The minimum Gasteiger partial charge on any atom is -0.368 e. The highest BCUT2D eigenvalue weighted by atomic mass is 16.2. The zero-order valence-electron chi connectivity index (χ0n) is 71.0. The van der Waals surface area contributed by atoms with E-state index in [1.54, 1.807) is 0 Å². The lowest BCUT2D eigenvalue weighted by atomic mass is 10.1. The number of aryl methyl sites for hydroxylation is 6. The molecule has 13 amide bonds. The van der Waals surface area contributed by atoms with E-state index in [1.165, 1.54) is 72.7 Å². The molecule has 7 aromatic rings. The molecule has 51 heteroatoms. The van der Waals surface area contributed by atoms with Gasteiger partial charge >= 0.3 is 34.1 Å². The highest BCUT2D eigenvalue weighted by Crippen LogP contribution is 2.19. The maximum Gasteiger partial charge on any atom is 0.328 e. The molecule has 0 aliphatic heterocycles. The van der Waals surface area contributed by atoms with Crippen molar-refractivity contribution >= 4 is 82.5 Å². The van der Waals surface area contributed by atoms with Gasteiger partial charge in [0, 0.05) is 155 Å². The summed E-state index contributed by atoms with van der Waals surface area (Å²) >= 11 is 0. The van der Waals surface area contributed by atoms with Crippen LogP contribution in [0.4, 0.5) is 5.69 Å². The summed E-state index contributed by atoms with van der Waals surface area (Å²) in [6, 6.07) is 4.38. The van der Waals surface area contributed by atoms with Crippen molar-refractivity contribution in [3.63, 3.8) is 0 Å². The fourth-order valence-corrected chi connectivity index (χ4v) is 12.6. The second kappa shape index (κ2) is 46.7. The van der Waals surface area contributed by atoms with Gasteiger partial charge in [-0.1, -0.05) is 18.2 Å². The van der Waals surface area contributed by atoms with E-state index in [2.05, 4.69) is 61.8 Å². The molecule has 1 aromatic carbocycles. The Bertz CT molecular complexity index is 6150. The van der Waals surface area contributed by atoms with Gasteiger partial charge < -0.3 is 72.8 Å². The molecule has 1 unspecified atom stereocenters. The van der Waals surface area contributed by atoms with E-state index in [9.17, 15) is 120 Å². The summed E-state index contributed by atoms with van der Waals surface area (Å²) in [7, 11) is 0. The van der Waals surface area contributed by atoms with Crippen molar-refractivity contribution < 1.29 is 62.3 Å². The van der Waals surface area contributed by atoms with Crippen molar-refractivity contribution in [1.29, 1.82) is 0 Å². The van der Waals surface area contributed by atoms with Gasteiger partial charge in [0.25, 0.3) is 33.4 Å². The normalized spacial score (nSPS) is 11.2. The number of nitrogens with zero attached hydrogens (tertiary/aromatic N) is 12. The summed E-state index contributed by atoms with van der Waals surface area (Å²) in [5.41, 5.74) is 1.18. The fraction of sp³-hybridized carbons (Fsp3) is 0.442. The molecule has 0 aliphatic rings. The Kier molecular flexibility index (Phi) is 36.3. The quantitative estimate of drug-likeness (QED) is 0.0158. The molecule has 6 heterocycles. The number of carbonyl (C=O) groups is 13. The van der Waals surface area contributed by atoms with Crippen molar-refractivity contribution in [2.75, 3.05) is 110 Å². The molecule has 0 radical (unpaired) electrons. The molecule has 0 bridgehead atoms. The number of hydrogen-bond donors (Lipinski definition) is 14. The first-order valence-corrected chi connectivity index (χ1v) is 39.7. The average Bonchev–Trinajstić information content (AvgIpc) is 0.804. The first kappa shape index (κ1) is 99.5. The van der Waals surface area contributed by atoms with E-state index in [1.807, 2.05) is 0 Å². The minimum absolute atomic E-state index is 0.00460. The number of unbranched alkanes of at least 4 members (excludes halogenated alkanes) is 1. The smallest absolute Gasteiger partial charge is 0.328 e. The van der Waals surface area contributed by atoms with Crippen LogP contribution in [0.1, 0.15) is 65.1 Å². The summed E-state index contributed by atoms with van der Waals surface area (Å²) in [5, 5.41) is 15.3. The predicted molar refractivity (Wildman–Crippen MR) is 451 cm³/mol. The van der Waals surface area contributed by atoms with Crippen LogP contribution < -0.4 is 111 Å². The molecule has 51 nitrogen and oxygen atoms in total. The van der Waals surface area contributed by atoms with E-state index >= 15 is 0 Å². The third-order valence-electron chi connectivity index (χ3n) is 19.6. The van der Waals surface area contributed by atoms with E-state index in [-0.39, 0.29) is 70.7 Å². The van der Waals surface area contributed by atoms with Crippen LogP contribution in [0.2, 0.25) is 0 Å². The molecule has 6 aromatic heterocycles. The van der Waals surface area contributed by atoms with Gasteiger partial charge in [0.15, 0.2) is 0 Å². The van der Waals surface area contributed by atoms with Crippen molar-refractivity contribution in [3.05, 3.63) is 225 Å². The molecule has 0 spiro atoms. The molecule has 128 heavy (non-hydrogen) atoms. The molecule has 0 aliphatic carbocycles. The first-order chi connectivity index (χ1) is 60.5. The van der Waals surface area contributed by atoms with Gasteiger partial charge in [-0.25, -0.2) is 28.8 Å². The van der Waals surface area contributed by atoms with Crippen LogP contribution in [0.3, 0.4) is 0 Å². The number of carbonyl (C=O) groups excluding carboxylic acids is 13. The van der Waals surface area contributed by atoms with Gasteiger partial charge in [0.1, 0.15) is 45.3 Å². The van der Waals surface area contributed by atoms with Gasteiger partial charge in [-0.3, -0.25) is 148 Å². The monoisotopic (exact) mass is 1790 g/mol. The van der Waals surface area contributed by atoms with Crippen LogP contribution in [0.25, 0.3) is 0 Å². The lowest BCUT2D eigenvalue weighted by molar-refractivity contribution is -0.140. The Morgan fingerprint density at radius 1 is 0.352 bits per heavy atom. The van der Waals surface area contributed by atoms with Crippen molar-refractivity contribution in [2.45, 2.75) is 120 Å². The largest absolute Gasteiger partial charge is 0.368 e. The molecule has 0 fully saturated rings. The molecule has 688 valence electrons. The van der Waals surface area contributed by atoms with Gasteiger partial charge in [0.05, 0.1) is 32.7 Å². The third-order valence-corrected chi connectivity index (χ3v) is 19.6. The van der Waals surface area contributed by atoms with Crippen molar-refractivity contribution in [3.8, 4) is 0 Å². The summed E-state index contributed by atoms with van der Waals surface area (Å²) in [4.78, 5) is 349. The zero-order chi connectivity index (χ0) is 94.5. The Hall–Kier alpha value is -15.6. The van der Waals surface area contributed by atoms with E-state index in [0.29, 0.717) is 12.8 Å². The number of anilines is 1. The van der Waals surface area contributed by atoms with Crippen LogP contribution in [-0.2, 0) is 108 Å². The average molecular weight is 1790 g/mol. The maximum atomic E-state index is 14.6. The summed E-state index contributed by atoms with van der Waals surface area (Å²) < 4.78 is 5.13. The van der Waals surface area contributed by atoms with Gasteiger partial charge in [-0.05, 0) is 79.0 Å². The Morgan fingerprint density at radius 3 is 0.914 bits per heavy atom. The number of nitrogens with two attached hydrogens (primary N) is 2. The molecule has 16 N–H and O–H groups in total.